The summed E-state index contributed by atoms with van der Waals surface area (Å²) in [5, 5.41) is 0. The summed E-state index contributed by atoms with van der Waals surface area (Å²) < 4.78 is 5.37. The van der Waals surface area contributed by atoms with Crippen LogP contribution in [-0.2, 0) is 16.1 Å². The van der Waals surface area contributed by atoms with Gasteiger partial charge in [-0.2, -0.15) is 0 Å². The number of rotatable bonds is 5. The molecule has 1 amide bonds. The molecule has 0 unspecified atom stereocenters. The summed E-state index contributed by atoms with van der Waals surface area (Å²) in [6, 6.07) is 0.0743. The molecule has 7 heteroatoms. The first-order valence-electron chi connectivity index (χ1n) is 9.11. The van der Waals surface area contributed by atoms with Gasteiger partial charge in [-0.1, -0.05) is 0 Å². The van der Waals surface area contributed by atoms with Gasteiger partial charge in [0, 0.05) is 37.9 Å². The molecule has 0 spiro atoms. The van der Waals surface area contributed by atoms with Crippen LogP contribution in [0.1, 0.15) is 36.0 Å². The maximum Gasteiger partial charge on any atom is 0.237 e. The normalized spacial score (nSPS) is 21.9. The summed E-state index contributed by atoms with van der Waals surface area (Å²) in [7, 11) is 4.08. The van der Waals surface area contributed by atoms with E-state index in [0.717, 1.165) is 69.3 Å². The lowest BCUT2D eigenvalue weighted by atomic mass is 10.1. The molecule has 0 N–H and O–H groups in total. The van der Waals surface area contributed by atoms with Crippen LogP contribution in [0.5, 0.6) is 0 Å². The Hall–Kier alpha value is -1.57. The van der Waals surface area contributed by atoms with Gasteiger partial charge in [0.1, 0.15) is 5.82 Å². The van der Waals surface area contributed by atoms with Gasteiger partial charge in [-0.25, -0.2) is 9.97 Å². The third-order valence-corrected chi connectivity index (χ3v) is 4.86. The van der Waals surface area contributed by atoms with Crippen LogP contribution >= 0.6 is 0 Å². The standard InChI is InChI=1S/C18H29N5O2/c1-14-19-11-15(12-21(2)3)18(20-14)16-5-4-6-23(16)17(24)13-22-7-9-25-10-8-22/h11,16H,4-10,12-13H2,1-3H3/t16-/m0/s1. The number of amides is 1. The summed E-state index contributed by atoms with van der Waals surface area (Å²) in [5.41, 5.74) is 2.14. The van der Waals surface area contributed by atoms with Crippen LogP contribution in [0, 0.1) is 6.92 Å². The van der Waals surface area contributed by atoms with Crippen molar-refractivity contribution in [3.63, 3.8) is 0 Å². The number of aryl methyl sites for hydroxylation is 1. The number of carbonyl (C=O) groups excluding carboxylic acids is 1. The second kappa shape index (κ2) is 8.21. The van der Waals surface area contributed by atoms with Gasteiger partial charge in [-0.3, -0.25) is 9.69 Å². The summed E-state index contributed by atoms with van der Waals surface area (Å²) in [6.45, 7) is 7.11. The molecule has 0 radical (unpaired) electrons. The van der Waals surface area contributed by atoms with Gasteiger partial charge >= 0.3 is 0 Å². The highest BCUT2D eigenvalue weighted by molar-refractivity contribution is 5.79. The molecule has 1 atom stereocenters. The molecule has 0 aliphatic carbocycles. The molecule has 0 saturated carbocycles. The van der Waals surface area contributed by atoms with E-state index in [1.807, 2.05) is 32.1 Å². The highest BCUT2D eigenvalue weighted by atomic mass is 16.5. The molecule has 2 saturated heterocycles. The van der Waals surface area contributed by atoms with E-state index >= 15 is 0 Å². The van der Waals surface area contributed by atoms with Crippen LogP contribution < -0.4 is 0 Å². The largest absolute Gasteiger partial charge is 0.379 e. The number of hydrogen-bond donors (Lipinski definition) is 0. The second-order valence-corrected chi connectivity index (χ2v) is 7.20. The monoisotopic (exact) mass is 347 g/mol. The molecule has 138 valence electrons. The second-order valence-electron chi connectivity index (χ2n) is 7.20. The van der Waals surface area contributed by atoms with Gasteiger partial charge in [0.05, 0.1) is 31.5 Å². The molecule has 3 heterocycles. The fraction of sp³-hybridized carbons (Fsp3) is 0.722. The van der Waals surface area contributed by atoms with Gasteiger partial charge in [0.15, 0.2) is 0 Å². The Bertz CT molecular complexity index is 601. The van der Waals surface area contributed by atoms with Crippen LogP contribution in [0.4, 0.5) is 0 Å². The molecule has 2 aliphatic rings. The predicted octanol–water partition coefficient (Wildman–Crippen LogP) is 0.842. The van der Waals surface area contributed by atoms with E-state index in [9.17, 15) is 4.79 Å². The van der Waals surface area contributed by atoms with Gasteiger partial charge in [0.2, 0.25) is 5.91 Å². The maximum absolute atomic E-state index is 12.9. The average molecular weight is 347 g/mol. The third-order valence-electron chi connectivity index (χ3n) is 4.86. The Balaban J connectivity index is 1.76. The number of nitrogens with zero attached hydrogens (tertiary/aromatic N) is 5. The minimum absolute atomic E-state index is 0.0743. The minimum Gasteiger partial charge on any atom is -0.379 e. The summed E-state index contributed by atoms with van der Waals surface area (Å²) in [4.78, 5) is 28.3. The molecule has 25 heavy (non-hydrogen) atoms. The van der Waals surface area contributed by atoms with E-state index in [-0.39, 0.29) is 11.9 Å². The average Bonchev–Trinajstić information content (AvgIpc) is 3.06. The first kappa shape index (κ1) is 18.2. The van der Waals surface area contributed by atoms with Crippen LogP contribution in [0.15, 0.2) is 6.20 Å². The van der Waals surface area contributed by atoms with Crippen molar-refractivity contribution in [2.24, 2.45) is 0 Å². The Morgan fingerprint density at radius 3 is 2.80 bits per heavy atom. The zero-order valence-corrected chi connectivity index (χ0v) is 15.6. The number of morpholine rings is 1. The molecule has 0 bridgehead atoms. The van der Waals surface area contributed by atoms with Crippen molar-refractivity contribution in [3.05, 3.63) is 23.3 Å². The summed E-state index contributed by atoms with van der Waals surface area (Å²) in [6.07, 6.45) is 3.93. The van der Waals surface area contributed by atoms with Crippen molar-refractivity contribution in [1.82, 2.24) is 24.7 Å². The fourth-order valence-electron chi connectivity index (χ4n) is 3.65. The number of carbonyl (C=O) groups is 1. The number of likely N-dealkylation sites (tertiary alicyclic amines) is 1. The van der Waals surface area contributed by atoms with Crippen molar-refractivity contribution < 1.29 is 9.53 Å². The lowest BCUT2D eigenvalue weighted by Crippen LogP contribution is -2.44. The third kappa shape index (κ3) is 4.54. The maximum atomic E-state index is 12.9. The number of aromatic nitrogens is 2. The fourth-order valence-corrected chi connectivity index (χ4v) is 3.65. The minimum atomic E-state index is 0.0743. The molecule has 3 rings (SSSR count). The zero-order valence-electron chi connectivity index (χ0n) is 15.6. The topological polar surface area (TPSA) is 61.8 Å². The van der Waals surface area contributed by atoms with E-state index in [4.69, 9.17) is 9.72 Å². The van der Waals surface area contributed by atoms with Crippen molar-refractivity contribution in [2.45, 2.75) is 32.4 Å². The molecular weight excluding hydrogens is 318 g/mol. The van der Waals surface area contributed by atoms with E-state index in [0.29, 0.717) is 6.54 Å². The van der Waals surface area contributed by atoms with E-state index < -0.39 is 0 Å². The molecule has 2 aliphatic heterocycles. The molecular formula is C18H29N5O2. The van der Waals surface area contributed by atoms with Crippen molar-refractivity contribution >= 4 is 5.91 Å². The van der Waals surface area contributed by atoms with Crippen LogP contribution in [0.2, 0.25) is 0 Å². The quantitative estimate of drug-likeness (QED) is 0.787. The van der Waals surface area contributed by atoms with Crippen LogP contribution in [0.3, 0.4) is 0 Å². The van der Waals surface area contributed by atoms with Crippen molar-refractivity contribution in [1.29, 1.82) is 0 Å². The highest BCUT2D eigenvalue weighted by Crippen LogP contribution is 2.33. The lowest BCUT2D eigenvalue weighted by molar-refractivity contribution is -0.134. The molecule has 2 fully saturated rings. The van der Waals surface area contributed by atoms with Gasteiger partial charge < -0.3 is 14.5 Å². The first-order valence-corrected chi connectivity index (χ1v) is 9.11. The molecule has 1 aromatic rings. The number of hydrogen-bond acceptors (Lipinski definition) is 6. The van der Waals surface area contributed by atoms with E-state index in [2.05, 4.69) is 14.8 Å². The Kier molecular flexibility index (Phi) is 5.98. The van der Waals surface area contributed by atoms with Crippen molar-refractivity contribution in [2.75, 3.05) is 53.5 Å². The smallest absolute Gasteiger partial charge is 0.237 e. The Labute approximate surface area is 150 Å². The van der Waals surface area contributed by atoms with Crippen molar-refractivity contribution in [3.8, 4) is 0 Å². The molecule has 7 nitrogen and oxygen atoms in total. The zero-order chi connectivity index (χ0) is 17.8. The molecule has 1 aromatic heterocycles. The Morgan fingerprint density at radius 2 is 2.08 bits per heavy atom. The van der Waals surface area contributed by atoms with E-state index in [1.54, 1.807) is 0 Å². The highest BCUT2D eigenvalue weighted by Gasteiger charge is 2.33. The van der Waals surface area contributed by atoms with Crippen LogP contribution in [-0.4, -0.2) is 84.1 Å². The molecule has 0 aromatic carbocycles. The van der Waals surface area contributed by atoms with E-state index in [1.165, 1.54) is 0 Å². The van der Waals surface area contributed by atoms with Gasteiger partial charge in [-0.15, -0.1) is 0 Å². The number of ether oxygens (including phenoxy) is 1. The lowest BCUT2D eigenvalue weighted by Gasteiger charge is -2.31. The summed E-state index contributed by atoms with van der Waals surface area (Å²) in [5.74, 6) is 0.974. The van der Waals surface area contributed by atoms with Gasteiger partial charge in [-0.05, 0) is 33.9 Å². The van der Waals surface area contributed by atoms with Crippen LogP contribution in [0.25, 0.3) is 0 Å². The SMILES string of the molecule is Cc1ncc(CN(C)C)c([C@@H]2CCCN2C(=O)CN2CCOCC2)n1. The first-order chi connectivity index (χ1) is 12.0. The predicted molar refractivity (Wildman–Crippen MR) is 95.1 cm³/mol. The summed E-state index contributed by atoms with van der Waals surface area (Å²) >= 11 is 0. The van der Waals surface area contributed by atoms with Gasteiger partial charge in [0.25, 0.3) is 0 Å². The Morgan fingerprint density at radius 1 is 1.32 bits per heavy atom.